The number of fused-ring (bicyclic) bond motifs is 3. The fourth-order valence-electron chi connectivity index (χ4n) is 4.57. The van der Waals surface area contributed by atoms with Crippen LogP contribution in [-0.2, 0) is 25.7 Å². The van der Waals surface area contributed by atoms with Gasteiger partial charge in [-0.1, -0.05) is 43.3 Å². The lowest BCUT2D eigenvalue weighted by atomic mass is 9.99. The minimum Gasteiger partial charge on any atom is -0.464 e. The molecule has 0 saturated carbocycles. The van der Waals surface area contributed by atoms with E-state index in [2.05, 4.69) is 9.56 Å². The number of carbonyl (C=O) groups excluding carboxylic acids is 4. The number of ether oxygens (including phenoxy) is 1. The lowest BCUT2D eigenvalue weighted by molar-refractivity contribution is -0.141. The molecule has 0 bridgehead atoms. The maximum Gasteiger partial charge on any atom is 0.302 e. The number of esters is 1. The maximum absolute atomic E-state index is 13.2. The topological polar surface area (TPSA) is 94.8 Å². The van der Waals surface area contributed by atoms with Crippen molar-refractivity contribution >= 4 is 50.8 Å². The third kappa shape index (κ3) is 7.59. The van der Waals surface area contributed by atoms with Crippen molar-refractivity contribution in [3.8, 4) is 0 Å². The van der Waals surface area contributed by atoms with Crippen molar-refractivity contribution in [2.75, 3.05) is 13.7 Å². The predicted molar refractivity (Wildman–Crippen MR) is 159 cm³/mol. The highest BCUT2D eigenvalue weighted by Crippen LogP contribution is 2.32. The zero-order valence-corrected chi connectivity index (χ0v) is 23.8. The third-order valence-electron chi connectivity index (χ3n) is 6.28. The Kier molecular flexibility index (Phi) is 10.6. The molecule has 4 aromatic rings. The van der Waals surface area contributed by atoms with Gasteiger partial charge in [-0.15, -0.1) is 0 Å². The van der Waals surface area contributed by atoms with Crippen molar-refractivity contribution in [2.45, 2.75) is 53.5 Å². The second-order valence-corrected chi connectivity index (χ2v) is 9.69. The van der Waals surface area contributed by atoms with E-state index in [1.165, 1.54) is 20.8 Å². The van der Waals surface area contributed by atoms with Crippen molar-refractivity contribution in [3.63, 3.8) is 0 Å². The number of rotatable bonds is 10. The van der Waals surface area contributed by atoms with Crippen molar-refractivity contribution in [1.29, 1.82) is 0 Å². The Balaban J connectivity index is 0.00000103. The van der Waals surface area contributed by atoms with Gasteiger partial charge in [0, 0.05) is 65.5 Å². The molecule has 7 heteroatoms. The summed E-state index contributed by atoms with van der Waals surface area (Å²) in [6.07, 6.45) is 1.63. The monoisotopic (exact) mass is 540 g/mol. The molecule has 0 aliphatic rings. The Labute approximate surface area is 234 Å². The van der Waals surface area contributed by atoms with Crippen molar-refractivity contribution in [1.82, 2.24) is 4.57 Å². The first-order valence-electron chi connectivity index (χ1n) is 13.4. The average Bonchev–Trinajstić information content (AvgIpc) is 3.23. The van der Waals surface area contributed by atoms with E-state index in [4.69, 9.17) is 4.74 Å². The Hall–Kier alpha value is -4.39. The lowest BCUT2D eigenvalue weighted by Crippen LogP contribution is -2.10. The summed E-state index contributed by atoms with van der Waals surface area (Å²) in [7, 11) is 1.71. The molecule has 40 heavy (non-hydrogen) atoms. The molecular formula is C33H36N2O5. The number of Topliss-reactive ketones (excluding diaryl/α,β-unsaturated/α-hetero) is 2. The summed E-state index contributed by atoms with van der Waals surface area (Å²) < 4.78 is 7.30. The number of aromatic nitrogens is 1. The molecule has 0 spiro atoms. The average molecular weight is 541 g/mol. The van der Waals surface area contributed by atoms with E-state index < -0.39 is 0 Å². The van der Waals surface area contributed by atoms with Crippen molar-refractivity contribution in [3.05, 3.63) is 83.4 Å². The van der Waals surface area contributed by atoms with Crippen molar-refractivity contribution < 1.29 is 23.9 Å². The molecule has 0 fully saturated rings. The smallest absolute Gasteiger partial charge is 0.302 e. The van der Waals surface area contributed by atoms with Crippen LogP contribution >= 0.6 is 0 Å². The predicted octanol–water partition coefficient (Wildman–Crippen LogP) is 6.36. The summed E-state index contributed by atoms with van der Waals surface area (Å²) in [5.74, 6) is -0.0393. The van der Waals surface area contributed by atoms with E-state index in [0.717, 1.165) is 39.5 Å². The first kappa shape index (κ1) is 30.2. The van der Waals surface area contributed by atoms with Gasteiger partial charge in [-0.25, -0.2) is 0 Å². The van der Waals surface area contributed by atoms with Crippen LogP contribution in [0.1, 0.15) is 68.4 Å². The molecule has 0 N–H and O–H groups in total. The molecule has 0 unspecified atom stereocenters. The van der Waals surface area contributed by atoms with Gasteiger partial charge in [0.1, 0.15) is 18.2 Å². The molecule has 4 rings (SSSR count). The van der Waals surface area contributed by atoms with Gasteiger partial charge in [-0.05, 0) is 56.2 Å². The van der Waals surface area contributed by atoms with Crippen LogP contribution in [0.4, 0.5) is 0 Å². The van der Waals surface area contributed by atoms with E-state index in [1.54, 1.807) is 7.05 Å². The molecule has 1 aromatic heterocycles. The molecular weight excluding hydrogens is 504 g/mol. The van der Waals surface area contributed by atoms with Crippen molar-refractivity contribution in [2.24, 2.45) is 4.99 Å². The summed E-state index contributed by atoms with van der Waals surface area (Å²) in [4.78, 5) is 50.7. The quantitative estimate of drug-likeness (QED) is 0.132. The van der Waals surface area contributed by atoms with Gasteiger partial charge in [0.2, 0.25) is 0 Å². The number of nitrogens with zero attached hydrogens (tertiary/aromatic N) is 2. The number of carbonyl (C=O) groups is 4. The second-order valence-electron chi connectivity index (χ2n) is 9.69. The zero-order valence-electron chi connectivity index (χ0n) is 23.8. The van der Waals surface area contributed by atoms with E-state index in [0.29, 0.717) is 30.5 Å². The SMILES string of the molecule is CC(C)=O.CCCC(=O)CC(=NC)c1ccc2c(c1)c1cc(C(=O)c3ccccc3)ccc1n2CCOC(C)=O. The molecule has 1 heterocycles. The zero-order chi connectivity index (χ0) is 29.2. The van der Waals surface area contributed by atoms with Gasteiger partial charge in [-0.3, -0.25) is 19.4 Å². The van der Waals surface area contributed by atoms with Crippen LogP contribution in [-0.4, -0.2) is 47.3 Å². The van der Waals surface area contributed by atoms with E-state index in [1.807, 2.05) is 73.7 Å². The minimum absolute atomic E-state index is 0.0459. The summed E-state index contributed by atoms with van der Waals surface area (Å²) in [5.41, 5.74) is 4.75. The molecule has 0 radical (unpaired) electrons. The van der Waals surface area contributed by atoms with E-state index in [9.17, 15) is 19.2 Å². The number of benzene rings is 3. The minimum atomic E-state index is -0.325. The molecule has 0 amide bonds. The standard InChI is InChI=1S/C30H30N2O4.C3H6O/c1-4-8-24(34)19-27(31-3)22-11-13-28-25(17-22)26-18-23(30(35)21-9-6-5-7-10-21)12-14-29(26)32(28)15-16-36-20(2)33;1-3(2)4/h5-7,9-14,17-18H,4,8,15-16,19H2,1-3H3;1-2H3. The van der Waals surface area contributed by atoms with Gasteiger partial charge in [0.05, 0.1) is 6.54 Å². The Bertz CT molecular complexity index is 1560. The Morgan fingerprint density at radius 2 is 1.38 bits per heavy atom. The van der Waals surface area contributed by atoms with Crippen LogP contribution in [0.3, 0.4) is 0 Å². The highest BCUT2D eigenvalue weighted by Gasteiger charge is 2.17. The molecule has 0 saturated heterocycles. The van der Waals surface area contributed by atoms with Crippen LogP contribution < -0.4 is 0 Å². The van der Waals surface area contributed by atoms with Gasteiger partial charge >= 0.3 is 5.97 Å². The molecule has 0 atom stereocenters. The highest BCUT2D eigenvalue weighted by atomic mass is 16.5. The van der Waals surface area contributed by atoms with Gasteiger partial charge < -0.3 is 14.1 Å². The van der Waals surface area contributed by atoms with Crippen LogP contribution in [0.2, 0.25) is 0 Å². The van der Waals surface area contributed by atoms with E-state index in [-0.39, 0.29) is 29.9 Å². The van der Waals surface area contributed by atoms with Gasteiger partial charge in [0.15, 0.2) is 5.78 Å². The van der Waals surface area contributed by atoms with Crippen LogP contribution in [0.15, 0.2) is 71.7 Å². The van der Waals surface area contributed by atoms with Crippen LogP contribution in [0.25, 0.3) is 21.8 Å². The van der Waals surface area contributed by atoms with E-state index >= 15 is 0 Å². The maximum atomic E-state index is 13.2. The third-order valence-corrected chi connectivity index (χ3v) is 6.28. The molecule has 208 valence electrons. The summed E-state index contributed by atoms with van der Waals surface area (Å²) >= 11 is 0. The molecule has 0 aliphatic heterocycles. The molecule has 0 aliphatic carbocycles. The number of ketones is 3. The Morgan fingerprint density at radius 3 is 1.93 bits per heavy atom. The van der Waals surface area contributed by atoms with Gasteiger partial charge in [0.25, 0.3) is 0 Å². The Morgan fingerprint density at radius 1 is 0.800 bits per heavy atom. The summed E-state index contributed by atoms with van der Waals surface area (Å²) in [6, 6.07) is 20.9. The van der Waals surface area contributed by atoms with Gasteiger partial charge in [-0.2, -0.15) is 0 Å². The largest absolute Gasteiger partial charge is 0.464 e. The fraction of sp³-hybridized carbons (Fsp3) is 0.303. The normalized spacial score (nSPS) is 11.2. The summed E-state index contributed by atoms with van der Waals surface area (Å²) in [5, 5.41) is 1.88. The van der Waals surface area contributed by atoms with Crippen LogP contribution in [0.5, 0.6) is 0 Å². The highest BCUT2D eigenvalue weighted by molar-refractivity contribution is 6.17. The fourth-order valence-corrected chi connectivity index (χ4v) is 4.57. The number of aliphatic imine (C=N–C) groups is 1. The van der Waals surface area contributed by atoms with Crippen LogP contribution in [0, 0.1) is 0 Å². The molecule has 7 nitrogen and oxygen atoms in total. The molecule has 3 aromatic carbocycles. The lowest BCUT2D eigenvalue weighted by Gasteiger charge is -2.09. The first-order valence-corrected chi connectivity index (χ1v) is 13.4. The summed E-state index contributed by atoms with van der Waals surface area (Å²) in [6.45, 7) is 7.17. The number of hydrogen-bond acceptors (Lipinski definition) is 6. The second kappa shape index (κ2) is 14.1. The number of hydrogen-bond donors (Lipinski definition) is 0. The first-order chi connectivity index (χ1) is 19.2.